The fourth-order valence-corrected chi connectivity index (χ4v) is 2.79. The van der Waals surface area contributed by atoms with Crippen LogP contribution in [-0.4, -0.2) is 12.0 Å². The van der Waals surface area contributed by atoms with Gasteiger partial charge < -0.3 is 5.32 Å². The maximum atomic E-state index is 4.43. The first kappa shape index (κ1) is 11.4. The standard InChI is InChI=1S/C16H18N2/c1-17-16-7-4-5-12-8-9-13(11-14(12)16)15-6-2-3-10-18-15/h2-3,6,8-11,16-17H,4-5,7H2,1H3. The van der Waals surface area contributed by atoms with Crippen LogP contribution in [0.3, 0.4) is 0 Å². The van der Waals surface area contributed by atoms with Gasteiger partial charge in [0, 0.05) is 17.8 Å². The SMILES string of the molecule is CNC1CCCc2ccc(-c3ccccn3)cc21. The highest BCUT2D eigenvalue weighted by molar-refractivity contribution is 5.61. The molecular weight excluding hydrogens is 220 g/mol. The number of nitrogens with zero attached hydrogens (tertiary/aromatic N) is 1. The predicted molar refractivity (Wildman–Crippen MR) is 74.4 cm³/mol. The fourth-order valence-electron chi connectivity index (χ4n) is 2.79. The van der Waals surface area contributed by atoms with Gasteiger partial charge in [0.05, 0.1) is 5.69 Å². The number of fused-ring (bicyclic) bond motifs is 1. The highest BCUT2D eigenvalue weighted by atomic mass is 14.9. The molecule has 0 saturated carbocycles. The molecular formula is C16H18N2. The lowest BCUT2D eigenvalue weighted by Gasteiger charge is -2.25. The maximum Gasteiger partial charge on any atom is 0.0702 e. The summed E-state index contributed by atoms with van der Waals surface area (Å²) in [7, 11) is 2.05. The Morgan fingerprint density at radius 1 is 1.22 bits per heavy atom. The summed E-state index contributed by atoms with van der Waals surface area (Å²) in [6, 6.07) is 13.3. The van der Waals surface area contributed by atoms with Gasteiger partial charge in [-0.1, -0.05) is 18.2 Å². The summed E-state index contributed by atoms with van der Waals surface area (Å²) in [5.74, 6) is 0. The van der Waals surface area contributed by atoms with Crippen LogP contribution in [0.5, 0.6) is 0 Å². The molecule has 0 amide bonds. The second kappa shape index (κ2) is 4.91. The Kier molecular flexibility index (Phi) is 3.11. The Morgan fingerprint density at radius 3 is 2.94 bits per heavy atom. The Morgan fingerprint density at radius 2 is 2.17 bits per heavy atom. The Hall–Kier alpha value is -1.67. The number of aromatic nitrogens is 1. The third kappa shape index (κ3) is 2.04. The minimum absolute atomic E-state index is 0.498. The average molecular weight is 238 g/mol. The van der Waals surface area contributed by atoms with E-state index in [0.717, 1.165) is 5.69 Å². The van der Waals surface area contributed by atoms with Crippen molar-refractivity contribution < 1.29 is 0 Å². The zero-order valence-corrected chi connectivity index (χ0v) is 10.7. The van der Waals surface area contributed by atoms with Crippen LogP contribution in [0.25, 0.3) is 11.3 Å². The molecule has 1 heterocycles. The van der Waals surface area contributed by atoms with Crippen LogP contribution < -0.4 is 5.32 Å². The van der Waals surface area contributed by atoms with Crippen molar-refractivity contribution in [3.8, 4) is 11.3 Å². The van der Waals surface area contributed by atoms with Crippen molar-refractivity contribution in [2.24, 2.45) is 0 Å². The molecule has 0 spiro atoms. The minimum Gasteiger partial charge on any atom is -0.313 e. The minimum atomic E-state index is 0.498. The van der Waals surface area contributed by atoms with E-state index in [4.69, 9.17) is 0 Å². The number of benzene rings is 1. The predicted octanol–water partition coefficient (Wildman–Crippen LogP) is 3.35. The van der Waals surface area contributed by atoms with E-state index >= 15 is 0 Å². The molecule has 2 heteroatoms. The maximum absolute atomic E-state index is 4.43. The molecule has 1 atom stereocenters. The number of rotatable bonds is 2. The lowest BCUT2D eigenvalue weighted by Crippen LogP contribution is -2.21. The first-order valence-corrected chi connectivity index (χ1v) is 6.60. The second-order valence-electron chi connectivity index (χ2n) is 4.86. The Labute approximate surface area is 108 Å². The number of nitrogens with one attached hydrogen (secondary N) is 1. The fraction of sp³-hybridized carbons (Fsp3) is 0.312. The normalized spacial score (nSPS) is 18.4. The van der Waals surface area contributed by atoms with E-state index < -0.39 is 0 Å². The van der Waals surface area contributed by atoms with Crippen molar-refractivity contribution in [2.45, 2.75) is 25.3 Å². The second-order valence-corrected chi connectivity index (χ2v) is 4.86. The molecule has 1 N–H and O–H groups in total. The number of hydrogen-bond donors (Lipinski definition) is 1. The molecule has 0 saturated heterocycles. The van der Waals surface area contributed by atoms with E-state index in [1.807, 2.05) is 25.4 Å². The molecule has 92 valence electrons. The topological polar surface area (TPSA) is 24.9 Å². The monoisotopic (exact) mass is 238 g/mol. The van der Waals surface area contributed by atoms with E-state index in [9.17, 15) is 0 Å². The summed E-state index contributed by atoms with van der Waals surface area (Å²) < 4.78 is 0. The highest BCUT2D eigenvalue weighted by Crippen LogP contribution is 2.32. The quantitative estimate of drug-likeness (QED) is 0.868. The molecule has 0 aliphatic heterocycles. The van der Waals surface area contributed by atoms with Gasteiger partial charge in [-0.05, 0) is 55.6 Å². The smallest absolute Gasteiger partial charge is 0.0702 e. The van der Waals surface area contributed by atoms with Crippen LogP contribution in [-0.2, 0) is 6.42 Å². The van der Waals surface area contributed by atoms with E-state index in [2.05, 4.69) is 34.6 Å². The van der Waals surface area contributed by atoms with Crippen molar-refractivity contribution in [2.75, 3.05) is 7.05 Å². The summed E-state index contributed by atoms with van der Waals surface area (Å²) in [4.78, 5) is 4.43. The highest BCUT2D eigenvalue weighted by Gasteiger charge is 2.19. The average Bonchev–Trinajstić information content (AvgIpc) is 2.47. The van der Waals surface area contributed by atoms with Crippen LogP contribution in [0.4, 0.5) is 0 Å². The number of aryl methyl sites for hydroxylation is 1. The van der Waals surface area contributed by atoms with Crippen LogP contribution in [0.2, 0.25) is 0 Å². The first-order chi connectivity index (χ1) is 8.88. The van der Waals surface area contributed by atoms with Crippen LogP contribution in [0.1, 0.15) is 30.0 Å². The zero-order chi connectivity index (χ0) is 12.4. The van der Waals surface area contributed by atoms with Gasteiger partial charge in [-0.3, -0.25) is 4.98 Å². The van der Waals surface area contributed by atoms with Gasteiger partial charge in [-0.15, -0.1) is 0 Å². The van der Waals surface area contributed by atoms with Crippen LogP contribution in [0.15, 0.2) is 42.6 Å². The van der Waals surface area contributed by atoms with Crippen molar-refractivity contribution in [1.82, 2.24) is 10.3 Å². The molecule has 1 aliphatic rings. The molecule has 18 heavy (non-hydrogen) atoms. The summed E-state index contributed by atoms with van der Waals surface area (Å²) in [6.45, 7) is 0. The van der Waals surface area contributed by atoms with Gasteiger partial charge in [0.2, 0.25) is 0 Å². The van der Waals surface area contributed by atoms with Gasteiger partial charge in [0.25, 0.3) is 0 Å². The van der Waals surface area contributed by atoms with E-state index in [1.54, 1.807) is 0 Å². The molecule has 0 radical (unpaired) electrons. The largest absolute Gasteiger partial charge is 0.313 e. The molecule has 2 aromatic rings. The van der Waals surface area contributed by atoms with E-state index in [-0.39, 0.29) is 0 Å². The van der Waals surface area contributed by atoms with E-state index in [0.29, 0.717) is 6.04 Å². The van der Waals surface area contributed by atoms with Gasteiger partial charge >= 0.3 is 0 Å². The third-order valence-electron chi connectivity index (χ3n) is 3.77. The molecule has 3 rings (SSSR count). The molecule has 0 fully saturated rings. The van der Waals surface area contributed by atoms with Crippen molar-refractivity contribution in [3.63, 3.8) is 0 Å². The molecule has 1 aromatic carbocycles. The van der Waals surface area contributed by atoms with E-state index in [1.165, 1.54) is 36.0 Å². The summed E-state index contributed by atoms with van der Waals surface area (Å²) in [5.41, 5.74) is 5.21. The molecule has 1 aliphatic carbocycles. The van der Waals surface area contributed by atoms with Crippen molar-refractivity contribution in [3.05, 3.63) is 53.7 Å². The van der Waals surface area contributed by atoms with Crippen LogP contribution in [0, 0.1) is 0 Å². The van der Waals surface area contributed by atoms with Crippen LogP contribution >= 0.6 is 0 Å². The zero-order valence-electron chi connectivity index (χ0n) is 10.7. The van der Waals surface area contributed by atoms with Gasteiger partial charge in [0.1, 0.15) is 0 Å². The summed E-state index contributed by atoms with van der Waals surface area (Å²) >= 11 is 0. The molecule has 0 bridgehead atoms. The number of pyridine rings is 1. The van der Waals surface area contributed by atoms with Crippen molar-refractivity contribution in [1.29, 1.82) is 0 Å². The van der Waals surface area contributed by atoms with Gasteiger partial charge in [-0.25, -0.2) is 0 Å². The lowest BCUT2D eigenvalue weighted by atomic mass is 9.86. The molecule has 2 nitrogen and oxygen atoms in total. The summed E-state index contributed by atoms with van der Waals surface area (Å²) in [6.07, 6.45) is 5.57. The van der Waals surface area contributed by atoms with Crippen molar-refractivity contribution >= 4 is 0 Å². The Bertz CT molecular complexity index is 534. The molecule has 1 aromatic heterocycles. The third-order valence-corrected chi connectivity index (χ3v) is 3.77. The van der Waals surface area contributed by atoms with Gasteiger partial charge in [-0.2, -0.15) is 0 Å². The lowest BCUT2D eigenvalue weighted by molar-refractivity contribution is 0.497. The van der Waals surface area contributed by atoms with Gasteiger partial charge in [0.15, 0.2) is 0 Å². The number of hydrogen-bond acceptors (Lipinski definition) is 2. The summed E-state index contributed by atoms with van der Waals surface area (Å²) in [5, 5.41) is 3.42. The Balaban J connectivity index is 2.04. The first-order valence-electron chi connectivity index (χ1n) is 6.60. The molecule has 1 unspecified atom stereocenters.